The summed E-state index contributed by atoms with van der Waals surface area (Å²) in [5.41, 5.74) is 0.702. The highest BCUT2D eigenvalue weighted by atomic mass is 79.9. The Kier molecular flexibility index (Phi) is 4.47. The minimum Gasteiger partial charge on any atom is -0.481 e. The Labute approximate surface area is 103 Å². The Morgan fingerprint density at radius 3 is 2.50 bits per heavy atom. The van der Waals surface area contributed by atoms with E-state index >= 15 is 0 Å². The van der Waals surface area contributed by atoms with Crippen molar-refractivity contribution in [2.75, 3.05) is 0 Å². The third-order valence-corrected chi connectivity index (χ3v) is 2.96. The standard InChI is InChI=1S/C12H14BrFO2/c1-7(2)11(12(15)16)5-8-3-9(13)6-10(14)4-8/h3-4,6-7,11H,5H2,1-2H3,(H,15,16). The Morgan fingerprint density at radius 1 is 1.44 bits per heavy atom. The third-order valence-electron chi connectivity index (χ3n) is 2.50. The molecular weight excluding hydrogens is 275 g/mol. The first-order valence-electron chi connectivity index (χ1n) is 5.08. The van der Waals surface area contributed by atoms with Gasteiger partial charge in [0, 0.05) is 4.47 Å². The summed E-state index contributed by atoms with van der Waals surface area (Å²) in [6.07, 6.45) is 0.351. The Hall–Kier alpha value is -0.900. The van der Waals surface area contributed by atoms with Crippen molar-refractivity contribution in [2.24, 2.45) is 11.8 Å². The summed E-state index contributed by atoms with van der Waals surface area (Å²) in [6, 6.07) is 4.49. The number of hydrogen-bond acceptors (Lipinski definition) is 1. The molecule has 4 heteroatoms. The molecule has 0 aliphatic heterocycles. The molecule has 1 rings (SSSR count). The van der Waals surface area contributed by atoms with Crippen LogP contribution in [0.4, 0.5) is 4.39 Å². The predicted octanol–water partition coefficient (Wildman–Crippen LogP) is 3.49. The van der Waals surface area contributed by atoms with Gasteiger partial charge in [0.05, 0.1) is 5.92 Å². The second kappa shape index (κ2) is 5.43. The van der Waals surface area contributed by atoms with Gasteiger partial charge in [-0.2, -0.15) is 0 Å². The Balaban J connectivity index is 2.89. The van der Waals surface area contributed by atoms with Gasteiger partial charge in [0.2, 0.25) is 0 Å². The molecule has 0 fully saturated rings. The second-order valence-electron chi connectivity index (χ2n) is 4.17. The maximum absolute atomic E-state index is 13.1. The van der Waals surface area contributed by atoms with E-state index in [0.29, 0.717) is 16.5 Å². The zero-order valence-corrected chi connectivity index (χ0v) is 10.8. The summed E-state index contributed by atoms with van der Waals surface area (Å²) < 4.78 is 13.7. The maximum Gasteiger partial charge on any atom is 0.307 e. The molecule has 88 valence electrons. The van der Waals surface area contributed by atoms with Crippen molar-refractivity contribution in [1.82, 2.24) is 0 Å². The summed E-state index contributed by atoms with van der Waals surface area (Å²) in [7, 11) is 0. The summed E-state index contributed by atoms with van der Waals surface area (Å²) in [6.45, 7) is 3.71. The van der Waals surface area contributed by atoms with Gasteiger partial charge >= 0.3 is 5.97 Å². The van der Waals surface area contributed by atoms with E-state index in [1.54, 1.807) is 6.07 Å². The van der Waals surface area contributed by atoms with E-state index in [9.17, 15) is 9.18 Å². The number of carboxylic acid groups (broad SMARTS) is 1. The lowest BCUT2D eigenvalue weighted by molar-refractivity contribution is -0.143. The molecule has 0 heterocycles. The van der Waals surface area contributed by atoms with Crippen LogP contribution in [-0.2, 0) is 11.2 Å². The molecule has 0 radical (unpaired) electrons. The molecule has 1 atom stereocenters. The summed E-state index contributed by atoms with van der Waals surface area (Å²) in [5.74, 6) is -1.64. The lowest BCUT2D eigenvalue weighted by atomic mass is 9.89. The number of hydrogen-bond donors (Lipinski definition) is 1. The first-order chi connectivity index (χ1) is 7.40. The highest BCUT2D eigenvalue weighted by Gasteiger charge is 2.21. The minimum atomic E-state index is -0.838. The quantitative estimate of drug-likeness (QED) is 0.921. The topological polar surface area (TPSA) is 37.3 Å². The number of carboxylic acids is 1. The molecule has 0 bridgehead atoms. The zero-order valence-electron chi connectivity index (χ0n) is 9.21. The van der Waals surface area contributed by atoms with Crippen molar-refractivity contribution in [3.63, 3.8) is 0 Å². The van der Waals surface area contributed by atoms with E-state index in [-0.39, 0.29) is 11.7 Å². The highest BCUT2D eigenvalue weighted by molar-refractivity contribution is 9.10. The highest BCUT2D eigenvalue weighted by Crippen LogP contribution is 2.21. The number of aliphatic carboxylic acids is 1. The van der Waals surface area contributed by atoms with E-state index in [1.165, 1.54) is 12.1 Å². The Morgan fingerprint density at radius 2 is 2.06 bits per heavy atom. The second-order valence-corrected chi connectivity index (χ2v) is 5.09. The van der Waals surface area contributed by atoms with Crippen molar-refractivity contribution in [3.8, 4) is 0 Å². The van der Waals surface area contributed by atoms with Gasteiger partial charge in [-0.25, -0.2) is 4.39 Å². The summed E-state index contributed by atoms with van der Waals surface area (Å²) >= 11 is 3.19. The fourth-order valence-corrected chi connectivity index (χ4v) is 2.10. The average molecular weight is 289 g/mol. The van der Waals surface area contributed by atoms with Crippen LogP contribution in [0.3, 0.4) is 0 Å². The smallest absolute Gasteiger partial charge is 0.307 e. The predicted molar refractivity (Wildman–Crippen MR) is 63.8 cm³/mol. The van der Waals surface area contributed by atoms with Gasteiger partial charge in [-0.15, -0.1) is 0 Å². The number of benzene rings is 1. The van der Waals surface area contributed by atoms with E-state index in [0.717, 1.165) is 0 Å². The maximum atomic E-state index is 13.1. The van der Waals surface area contributed by atoms with Gasteiger partial charge in [-0.3, -0.25) is 4.79 Å². The lowest BCUT2D eigenvalue weighted by Gasteiger charge is -2.16. The van der Waals surface area contributed by atoms with Crippen molar-refractivity contribution >= 4 is 21.9 Å². The molecule has 0 amide bonds. The van der Waals surface area contributed by atoms with Gasteiger partial charge in [-0.05, 0) is 36.1 Å². The molecule has 0 spiro atoms. The molecule has 1 aromatic rings. The van der Waals surface area contributed by atoms with Crippen LogP contribution in [0.15, 0.2) is 22.7 Å². The van der Waals surface area contributed by atoms with Crippen LogP contribution in [-0.4, -0.2) is 11.1 Å². The van der Waals surface area contributed by atoms with E-state index < -0.39 is 11.9 Å². The lowest BCUT2D eigenvalue weighted by Crippen LogP contribution is -2.22. The molecule has 0 saturated carbocycles. The molecule has 0 aliphatic rings. The van der Waals surface area contributed by atoms with Gasteiger partial charge < -0.3 is 5.11 Å². The fourth-order valence-electron chi connectivity index (χ4n) is 1.59. The van der Waals surface area contributed by atoms with Crippen LogP contribution >= 0.6 is 15.9 Å². The van der Waals surface area contributed by atoms with Crippen molar-refractivity contribution < 1.29 is 14.3 Å². The van der Waals surface area contributed by atoms with Crippen molar-refractivity contribution in [1.29, 1.82) is 0 Å². The van der Waals surface area contributed by atoms with E-state index in [2.05, 4.69) is 15.9 Å². The van der Waals surface area contributed by atoms with E-state index in [4.69, 9.17) is 5.11 Å². The monoisotopic (exact) mass is 288 g/mol. The van der Waals surface area contributed by atoms with Crippen molar-refractivity contribution in [3.05, 3.63) is 34.1 Å². The van der Waals surface area contributed by atoms with Crippen LogP contribution < -0.4 is 0 Å². The molecule has 1 aromatic carbocycles. The fraction of sp³-hybridized carbons (Fsp3) is 0.417. The van der Waals surface area contributed by atoms with Crippen LogP contribution in [0.25, 0.3) is 0 Å². The average Bonchev–Trinajstić information content (AvgIpc) is 2.11. The molecule has 1 N–H and O–H groups in total. The number of carbonyl (C=O) groups is 1. The number of halogens is 2. The minimum absolute atomic E-state index is 0.0274. The number of rotatable bonds is 4. The van der Waals surface area contributed by atoms with Crippen LogP contribution in [0, 0.1) is 17.7 Å². The molecule has 0 aromatic heterocycles. The third kappa shape index (κ3) is 3.59. The largest absolute Gasteiger partial charge is 0.481 e. The normalized spacial score (nSPS) is 12.8. The molecule has 0 aliphatic carbocycles. The van der Waals surface area contributed by atoms with Crippen LogP contribution in [0.5, 0.6) is 0 Å². The Bertz CT molecular complexity index is 370. The first-order valence-corrected chi connectivity index (χ1v) is 5.87. The molecule has 16 heavy (non-hydrogen) atoms. The molecule has 0 saturated heterocycles. The summed E-state index contributed by atoms with van der Waals surface area (Å²) in [5, 5.41) is 9.04. The summed E-state index contributed by atoms with van der Waals surface area (Å²) in [4.78, 5) is 11.0. The van der Waals surface area contributed by atoms with Crippen LogP contribution in [0.1, 0.15) is 19.4 Å². The van der Waals surface area contributed by atoms with Gasteiger partial charge in [-0.1, -0.05) is 29.8 Å². The molecule has 1 unspecified atom stereocenters. The van der Waals surface area contributed by atoms with Gasteiger partial charge in [0.1, 0.15) is 5.82 Å². The van der Waals surface area contributed by atoms with Crippen molar-refractivity contribution in [2.45, 2.75) is 20.3 Å². The van der Waals surface area contributed by atoms with Gasteiger partial charge in [0.15, 0.2) is 0 Å². The van der Waals surface area contributed by atoms with E-state index in [1.807, 2.05) is 13.8 Å². The van der Waals surface area contributed by atoms with Gasteiger partial charge in [0.25, 0.3) is 0 Å². The van der Waals surface area contributed by atoms with Crippen LogP contribution in [0.2, 0.25) is 0 Å². The SMILES string of the molecule is CC(C)C(Cc1cc(F)cc(Br)c1)C(=O)O. The zero-order chi connectivity index (χ0) is 12.3. The first kappa shape index (κ1) is 13.2. The molecular formula is C12H14BrFO2. The molecule has 2 nitrogen and oxygen atoms in total.